The molecular formula is C16H22F2O. The molecule has 2 atom stereocenters. The van der Waals surface area contributed by atoms with E-state index in [2.05, 4.69) is 13.8 Å². The van der Waals surface area contributed by atoms with Crippen LogP contribution in [-0.2, 0) is 0 Å². The summed E-state index contributed by atoms with van der Waals surface area (Å²) in [7, 11) is 0. The second kappa shape index (κ2) is 5.20. The van der Waals surface area contributed by atoms with Gasteiger partial charge in [-0.05, 0) is 36.7 Å². The van der Waals surface area contributed by atoms with Gasteiger partial charge in [-0.15, -0.1) is 0 Å². The largest absolute Gasteiger partial charge is 0.388 e. The van der Waals surface area contributed by atoms with E-state index in [-0.39, 0.29) is 22.5 Å². The highest BCUT2D eigenvalue weighted by atomic mass is 19.2. The molecule has 1 aromatic rings. The number of hydrogen-bond donors (Lipinski definition) is 1. The van der Waals surface area contributed by atoms with E-state index in [1.807, 2.05) is 0 Å². The molecule has 1 aliphatic rings. The monoisotopic (exact) mass is 268 g/mol. The zero-order valence-electron chi connectivity index (χ0n) is 11.8. The van der Waals surface area contributed by atoms with Crippen LogP contribution in [0.3, 0.4) is 0 Å². The Kier molecular flexibility index (Phi) is 3.95. The second-order valence-corrected chi connectivity index (χ2v) is 6.39. The van der Waals surface area contributed by atoms with Gasteiger partial charge < -0.3 is 5.11 Å². The van der Waals surface area contributed by atoms with Gasteiger partial charge >= 0.3 is 0 Å². The van der Waals surface area contributed by atoms with Crippen LogP contribution in [0.2, 0.25) is 0 Å². The molecule has 1 saturated carbocycles. The summed E-state index contributed by atoms with van der Waals surface area (Å²) in [6, 6.07) is 3.05. The Balaban J connectivity index is 2.33. The highest BCUT2D eigenvalue weighted by Gasteiger charge is 2.38. The van der Waals surface area contributed by atoms with E-state index in [0.717, 1.165) is 25.7 Å². The van der Waals surface area contributed by atoms with Crippen molar-refractivity contribution in [1.29, 1.82) is 0 Å². The molecule has 0 amide bonds. The molecule has 0 saturated heterocycles. The summed E-state index contributed by atoms with van der Waals surface area (Å²) in [5.41, 5.74) is 0.338. The van der Waals surface area contributed by atoms with Gasteiger partial charge in [0.25, 0.3) is 0 Å². The molecule has 2 rings (SSSR count). The maximum Gasteiger partial charge on any atom is 0.164 e. The van der Waals surface area contributed by atoms with Gasteiger partial charge in [-0.3, -0.25) is 0 Å². The molecule has 0 radical (unpaired) electrons. The predicted molar refractivity (Wildman–Crippen MR) is 71.8 cm³/mol. The fourth-order valence-corrected chi connectivity index (χ4v) is 3.21. The first kappa shape index (κ1) is 14.4. The van der Waals surface area contributed by atoms with Gasteiger partial charge in [0, 0.05) is 5.56 Å². The Bertz CT molecular complexity index is 468. The molecule has 1 N–H and O–H groups in total. The third-order valence-corrected chi connectivity index (χ3v) is 4.60. The topological polar surface area (TPSA) is 20.2 Å². The summed E-state index contributed by atoms with van der Waals surface area (Å²) in [4.78, 5) is 0. The van der Waals surface area contributed by atoms with Crippen LogP contribution in [0.4, 0.5) is 8.78 Å². The third kappa shape index (κ3) is 2.66. The summed E-state index contributed by atoms with van der Waals surface area (Å²) in [5, 5.41) is 10.5. The standard InChI is InChI=1S/C16H22F2O/c1-10-7-8-11(14(18)13(10)17)15(19)12-6-4-5-9-16(12,2)3/h7-8,12,15,19H,4-6,9H2,1-3H3. The second-order valence-electron chi connectivity index (χ2n) is 6.39. The van der Waals surface area contributed by atoms with E-state index in [9.17, 15) is 13.9 Å². The van der Waals surface area contributed by atoms with Gasteiger partial charge in [-0.25, -0.2) is 8.78 Å². The summed E-state index contributed by atoms with van der Waals surface area (Å²) >= 11 is 0. The molecule has 0 bridgehead atoms. The molecule has 0 spiro atoms. The zero-order valence-corrected chi connectivity index (χ0v) is 11.8. The number of aliphatic hydroxyl groups is 1. The molecule has 19 heavy (non-hydrogen) atoms. The van der Waals surface area contributed by atoms with Crippen molar-refractivity contribution >= 4 is 0 Å². The quantitative estimate of drug-likeness (QED) is 0.836. The van der Waals surface area contributed by atoms with E-state index >= 15 is 0 Å². The van der Waals surface area contributed by atoms with Crippen molar-refractivity contribution in [3.05, 3.63) is 34.9 Å². The Morgan fingerprint density at radius 1 is 1.21 bits per heavy atom. The minimum atomic E-state index is -0.926. The van der Waals surface area contributed by atoms with E-state index in [1.54, 1.807) is 0 Å². The first-order chi connectivity index (χ1) is 8.84. The fraction of sp³-hybridized carbons (Fsp3) is 0.625. The lowest BCUT2D eigenvalue weighted by molar-refractivity contribution is 0.00164. The van der Waals surface area contributed by atoms with E-state index < -0.39 is 17.7 Å². The zero-order chi connectivity index (χ0) is 14.2. The van der Waals surface area contributed by atoms with Crippen LogP contribution < -0.4 is 0 Å². The summed E-state index contributed by atoms with van der Waals surface area (Å²) in [6.07, 6.45) is 3.14. The van der Waals surface area contributed by atoms with Crippen molar-refractivity contribution in [2.75, 3.05) is 0 Å². The molecular weight excluding hydrogens is 246 g/mol. The number of halogens is 2. The maximum absolute atomic E-state index is 14.0. The molecule has 0 aliphatic heterocycles. The molecule has 106 valence electrons. The van der Waals surface area contributed by atoms with Gasteiger partial charge in [0.15, 0.2) is 11.6 Å². The van der Waals surface area contributed by atoms with E-state index in [4.69, 9.17) is 0 Å². The molecule has 1 nitrogen and oxygen atoms in total. The summed E-state index contributed by atoms with van der Waals surface area (Å²) in [5.74, 6) is -1.75. The van der Waals surface area contributed by atoms with Crippen LogP contribution in [0.5, 0.6) is 0 Å². The van der Waals surface area contributed by atoms with Crippen molar-refractivity contribution in [1.82, 2.24) is 0 Å². The van der Waals surface area contributed by atoms with E-state index in [0.29, 0.717) is 0 Å². The van der Waals surface area contributed by atoms with Crippen molar-refractivity contribution in [3.8, 4) is 0 Å². The fourth-order valence-electron chi connectivity index (χ4n) is 3.21. The van der Waals surface area contributed by atoms with Crippen LogP contribution in [0.1, 0.15) is 56.8 Å². The van der Waals surface area contributed by atoms with Gasteiger partial charge in [-0.2, -0.15) is 0 Å². The normalized spacial score (nSPS) is 24.2. The van der Waals surface area contributed by atoms with Gasteiger partial charge in [0.1, 0.15) is 0 Å². The van der Waals surface area contributed by atoms with Crippen LogP contribution in [0.15, 0.2) is 12.1 Å². The molecule has 0 heterocycles. The highest BCUT2D eigenvalue weighted by molar-refractivity contribution is 5.27. The van der Waals surface area contributed by atoms with E-state index in [1.165, 1.54) is 19.1 Å². The first-order valence-corrected chi connectivity index (χ1v) is 6.97. The lowest BCUT2D eigenvalue weighted by Gasteiger charge is -2.41. The van der Waals surface area contributed by atoms with Crippen molar-refractivity contribution in [2.24, 2.45) is 11.3 Å². The van der Waals surface area contributed by atoms with Gasteiger partial charge in [-0.1, -0.05) is 38.8 Å². The van der Waals surface area contributed by atoms with Gasteiger partial charge in [0.05, 0.1) is 6.10 Å². The molecule has 3 heteroatoms. The summed E-state index contributed by atoms with van der Waals surface area (Å²) in [6.45, 7) is 5.73. The van der Waals surface area contributed by atoms with Crippen molar-refractivity contribution in [2.45, 2.75) is 52.6 Å². The van der Waals surface area contributed by atoms with Crippen LogP contribution in [0, 0.1) is 29.9 Å². The number of hydrogen-bond acceptors (Lipinski definition) is 1. The lowest BCUT2D eigenvalue weighted by atomic mass is 9.65. The van der Waals surface area contributed by atoms with Gasteiger partial charge in [0.2, 0.25) is 0 Å². The number of rotatable bonds is 2. The smallest absolute Gasteiger partial charge is 0.164 e. The Hall–Kier alpha value is -0.960. The maximum atomic E-state index is 14.0. The number of aliphatic hydroxyl groups excluding tert-OH is 1. The third-order valence-electron chi connectivity index (χ3n) is 4.60. The molecule has 1 fully saturated rings. The molecule has 2 unspecified atom stereocenters. The highest BCUT2D eigenvalue weighted by Crippen LogP contribution is 2.47. The lowest BCUT2D eigenvalue weighted by Crippen LogP contribution is -2.33. The van der Waals surface area contributed by atoms with Crippen LogP contribution in [-0.4, -0.2) is 5.11 Å². The summed E-state index contributed by atoms with van der Waals surface area (Å²) < 4.78 is 27.6. The minimum Gasteiger partial charge on any atom is -0.388 e. The first-order valence-electron chi connectivity index (χ1n) is 6.97. The number of benzene rings is 1. The van der Waals surface area contributed by atoms with Crippen molar-refractivity contribution in [3.63, 3.8) is 0 Å². The Morgan fingerprint density at radius 2 is 1.89 bits per heavy atom. The SMILES string of the molecule is Cc1ccc(C(O)C2CCCCC2(C)C)c(F)c1F. The molecule has 1 aromatic carbocycles. The minimum absolute atomic E-state index is 0.0159. The van der Waals surface area contributed by atoms with Crippen LogP contribution >= 0.6 is 0 Å². The molecule has 1 aliphatic carbocycles. The Morgan fingerprint density at radius 3 is 2.53 bits per heavy atom. The number of aryl methyl sites for hydroxylation is 1. The predicted octanol–water partition coefficient (Wildman–Crippen LogP) is 4.52. The average Bonchev–Trinajstić information content (AvgIpc) is 2.35. The molecule has 0 aromatic heterocycles. The average molecular weight is 268 g/mol. The van der Waals surface area contributed by atoms with Crippen molar-refractivity contribution < 1.29 is 13.9 Å². The van der Waals surface area contributed by atoms with Crippen LogP contribution in [0.25, 0.3) is 0 Å². The Labute approximate surface area is 113 Å².